The molecule has 0 aliphatic carbocycles. The first-order chi connectivity index (χ1) is 11.2. The Hall–Kier alpha value is -1.61. The van der Waals surface area contributed by atoms with E-state index < -0.39 is 17.7 Å². The summed E-state index contributed by atoms with van der Waals surface area (Å²) in [6.45, 7) is 6.78. The number of nitrogens with one attached hydrogen (secondary N) is 1. The zero-order valence-corrected chi connectivity index (χ0v) is 15.8. The highest BCUT2D eigenvalue weighted by molar-refractivity contribution is 9.10. The fourth-order valence-electron chi connectivity index (χ4n) is 2.24. The van der Waals surface area contributed by atoms with Gasteiger partial charge in [-0.2, -0.15) is 5.10 Å². The van der Waals surface area contributed by atoms with Crippen molar-refractivity contribution in [3.8, 4) is 0 Å². The number of ether oxygens (including phenoxy) is 3. The van der Waals surface area contributed by atoms with Crippen molar-refractivity contribution in [3.63, 3.8) is 0 Å². The van der Waals surface area contributed by atoms with Crippen LogP contribution >= 0.6 is 15.9 Å². The molecule has 2 heterocycles. The SMILES string of the molecule is COC(=O)c1cc(Br)nn1CC(NC(=O)OC(C)(C)C)C1COC1. The predicted octanol–water partition coefficient (Wildman–Crippen LogP) is 1.97. The molecule has 8 nitrogen and oxygen atoms in total. The van der Waals surface area contributed by atoms with Crippen LogP contribution in [-0.2, 0) is 20.8 Å². The number of hydrogen-bond acceptors (Lipinski definition) is 6. The molecule has 1 aliphatic rings. The first-order valence-electron chi connectivity index (χ1n) is 7.58. The molecule has 9 heteroatoms. The van der Waals surface area contributed by atoms with Gasteiger partial charge >= 0.3 is 12.1 Å². The van der Waals surface area contributed by atoms with Crippen LogP contribution in [0.2, 0.25) is 0 Å². The summed E-state index contributed by atoms with van der Waals surface area (Å²) in [5, 5.41) is 7.09. The van der Waals surface area contributed by atoms with Crippen LogP contribution in [0.4, 0.5) is 4.79 Å². The topological polar surface area (TPSA) is 91.7 Å². The van der Waals surface area contributed by atoms with Gasteiger partial charge in [-0.15, -0.1) is 0 Å². The molecule has 24 heavy (non-hydrogen) atoms. The molecule has 0 bridgehead atoms. The second kappa shape index (κ2) is 7.52. The fraction of sp³-hybridized carbons (Fsp3) is 0.667. The maximum absolute atomic E-state index is 12.1. The van der Waals surface area contributed by atoms with Crippen LogP contribution in [0.25, 0.3) is 0 Å². The summed E-state index contributed by atoms with van der Waals surface area (Å²) < 4.78 is 17.3. The third-order valence-electron chi connectivity index (χ3n) is 3.45. The van der Waals surface area contributed by atoms with E-state index in [0.717, 1.165) is 0 Å². The second-order valence-corrected chi connectivity index (χ2v) is 7.39. The van der Waals surface area contributed by atoms with Gasteiger partial charge in [0.25, 0.3) is 0 Å². The molecular weight excluding hydrogens is 382 g/mol. The van der Waals surface area contributed by atoms with Crippen LogP contribution in [-0.4, -0.2) is 53.8 Å². The summed E-state index contributed by atoms with van der Waals surface area (Å²) in [6, 6.07) is 1.30. The van der Waals surface area contributed by atoms with Crippen molar-refractivity contribution >= 4 is 28.0 Å². The van der Waals surface area contributed by atoms with Gasteiger partial charge in [0.1, 0.15) is 15.9 Å². The third kappa shape index (κ3) is 4.94. The number of hydrogen-bond donors (Lipinski definition) is 1. The minimum absolute atomic E-state index is 0.131. The van der Waals surface area contributed by atoms with E-state index in [-0.39, 0.29) is 12.0 Å². The van der Waals surface area contributed by atoms with Crippen LogP contribution in [0.5, 0.6) is 0 Å². The molecule has 1 aromatic heterocycles. The van der Waals surface area contributed by atoms with Crippen molar-refractivity contribution < 1.29 is 23.8 Å². The second-order valence-electron chi connectivity index (χ2n) is 6.58. The van der Waals surface area contributed by atoms with Gasteiger partial charge in [0.2, 0.25) is 0 Å². The molecule has 0 saturated carbocycles. The van der Waals surface area contributed by atoms with Crippen molar-refractivity contribution in [2.24, 2.45) is 5.92 Å². The van der Waals surface area contributed by atoms with E-state index in [1.54, 1.807) is 26.8 Å². The molecule has 1 aromatic rings. The number of alkyl carbamates (subject to hydrolysis) is 1. The van der Waals surface area contributed by atoms with Crippen LogP contribution < -0.4 is 5.32 Å². The molecule has 1 amide bonds. The van der Waals surface area contributed by atoms with E-state index in [2.05, 4.69) is 26.3 Å². The minimum atomic E-state index is -0.587. The predicted molar refractivity (Wildman–Crippen MR) is 88.7 cm³/mol. The zero-order chi connectivity index (χ0) is 17.9. The number of nitrogens with zero attached hydrogens (tertiary/aromatic N) is 2. The number of carbonyl (C=O) groups is 2. The first kappa shape index (κ1) is 18.7. The Bertz CT molecular complexity index is 607. The Kier molecular flexibility index (Phi) is 5.87. The monoisotopic (exact) mass is 403 g/mol. The highest BCUT2D eigenvalue weighted by atomic mass is 79.9. The van der Waals surface area contributed by atoms with Crippen LogP contribution in [0.1, 0.15) is 31.3 Å². The Labute approximate surface area is 148 Å². The maximum atomic E-state index is 12.1. The van der Waals surface area contributed by atoms with Gasteiger partial charge in [-0.3, -0.25) is 4.68 Å². The van der Waals surface area contributed by atoms with Crippen LogP contribution in [0.15, 0.2) is 10.7 Å². The summed E-state index contributed by atoms with van der Waals surface area (Å²) >= 11 is 3.25. The number of halogens is 1. The number of aromatic nitrogens is 2. The van der Waals surface area contributed by atoms with Gasteiger partial charge in [0.05, 0.1) is 32.9 Å². The number of rotatable bonds is 5. The molecule has 1 aliphatic heterocycles. The van der Waals surface area contributed by atoms with Crippen molar-refractivity contribution in [1.29, 1.82) is 0 Å². The highest BCUT2D eigenvalue weighted by Crippen LogP contribution is 2.20. The largest absolute Gasteiger partial charge is 0.464 e. The molecule has 1 atom stereocenters. The summed E-state index contributed by atoms with van der Waals surface area (Å²) in [4.78, 5) is 23.9. The Morgan fingerprint density at radius 3 is 2.67 bits per heavy atom. The summed E-state index contributed by atoms with van der Waals surface area (Å²) in [7, 11) is 1.31. The maximum Gasteiger partial charge on any atom is 0.407 e. The molecule has 1 N–H and O–H groups in total. The summed E-state index contributed by atoms with van der Waals surface area (Å²) in [5.74, 6) is -0.361. The van der Waals surface area contributed by atoms with Crippen LogP contribution in [0, 0.1) is 5.92 Å². The smallest absolute Gasteiger partial charge is 0.407 e. The van der Waals surface area contributed by atoms with Crippen LogP contribution in [0.3, 0.4) is 0 Å². The van der Waals surface area contributed by atoms with Gasteiger partial charge in [0.15, 0.2) is 0 Å². The fourth-order valence-corrected chi connectivity index (χ4v) is 2.65. The lowest BCUT2D eigenvalue weighted by Gasteiger charge is -2.34. The Morgan fingerprint density at radius 2 is 2.17 bits per heavy atom. The first-order valence-corrected chi connectivity index (χ1v) is 8.38. The average Bonchev–Trinajstić information content (AvgIpc) is 2.74. The molecule has 0 spiro atoms. The van der Waals surface area contributed by atoms with E-state index >= 15 is 0 Å². The van der Waals surface area contributed by atoms with Crippen molar-refractivity contribution in [2.45, 2.75) is 39.0 Å². The Morgan fingerprint density at radius 1 is 1.50 bits per heavy atom. The standard InChI is InChI=1S/C15H22BrN3O5/c1-15(2,3)24-14(21)17-10(9-7-23-8-9)6-19-11(13(20)22-4)5-12(16)18-19/h5,9-10H,6-8H2,1-4H3,(H,17,21). The molecular formula is C15H22BrN3O5. The Balaban J connectivity index is 2.12. The molecule has 1 fully saturated rings. The number of carbonyl (C=O) groups excluding carboxylic acids is 2. The average molecular weight is 404 g/mol. The van der Waals surface area contributed by atoms with E-state index in [4.69, 9.17) is 14.2 Å². The lowest BCUT2D eigenvalue weighted by atomic mass is 9.98. The summed E-state index contributed by atoms with van der Waals surface area (Å²) in [5.41, 5.74) is -0.281. The van der Waals surface area contributed by atoms with E-state index in [0.29, 0.717) is 30.1 Å². The van der Waals surface area contributed by atoms with Gasteiger partial charge in [-0.1, -0.05) is 0 Å². The molecule has 1 saturated heterocycles. The minimum Gasteiger partial charge on any atom is -0.464 e. The van der Waals surface area contributed by atoms with E-state index in [1.165, 1.54) is 11.8 Å². The molecule has 2 rings (SSSR count). The lowest BCUT2D eigenvalue weighted by Crippen LogP contribution is -2.51. The van der Waals surface area contributed by atoms with Crippen molar-refractivity contribution in [1.82, 2.24) is 15.1 Å². The normalized spacial score (nSPS) is 16.2. The van der Waals surface area contributed by atoms with Gasteiger partial charge in [0, 0.05) is 12.0 Å². The van der Waals surface area contributed by atoms with Gasteiger partial charge in [-0.25, -0.2) is 9.59 Å². The van der Waals surface area contributed by atoms with E-state index in [9.17, 15) is 9.59 Å². The molecule has 134 valence electrons. The molecule has 1 unspecified atom stereocenters. The quantitative estimate of drug-likeness (QED) is 0.755. The van der Waals surface area contributed by atoms with E-state index in [1.807, 2.05) is 0 Å². The number of amides is 1. The molecule has 0 radical (unpaired) electrons. The van der Waals surface area contributed by atoms with Crippen molar-refractivity contribution in [2.75, 3.05) is 20.3 Å². The lowest BCUT2D eigenvalue weighted by molar-refractivity contribution is -0.0537. The number of esters is 1. The van der Waals surface area contributed by atoms with Gasteiger partial charge in [-0.05, 0) is 36.7 Å². The van der Waals surface area contributed by atoms with Gasteiger partial charge < -0.3 is 19.5 Å². The highest BCUT2D eigenvalue weighted by Gasteiger charge is 2.32. The summed E-state index contributed by atoms with van der Waals surface area (Å²) in [6.07, 6.45) is -0.509. The third-order valence-corrected chi connectivity index (χ3v) is 3.84. The number of methoxy groups -OCH3 is 1. The zero-order valence-electron chi connectivity index (χ0n) is 14.2. The van der Waals surface area contributed by atoms with Crippen molar-refractivity contribution in [3.05, 3.63) is 16.4 Å². The molecule has 0 aromatic carbocycles.